The van der Waals surface area contributed by atoms with Crippen molar-refractivity contribution in [3.05, 3.63) is 41.6 Å². The highest BCUT2D eigenvalue weighted by molar-refractivity contribution is 5.36. The summed E-state index contributed by atoms with van der Waals surface area (Å²) in [5.41, 5.74) is 2.19. The van der Waals surface area contributed by atoms with E-state index in [1.54, 1.807) is 7.05 Å². The number of benzene rings is 1. The van der Waals surface area contributed by atoms with Crippen LogP contribution in [0.2, 0.25) is 0 Å². The Hall–Kier alpha value is -2.10. The van der Waals surface area contributed by atoms with E-state index >= 15 is 0 Å². The molecule has 2 aromatic rings. The zero-order valence-corrected chi connectivity index (χ0v) is 12.7. The molecule has 0 aliphatic heterocycles. The van der Waals surface area contributed by atoms with E-state index in [1.807, 2.05) is 25.1 Å². The van der Waals surface area contributed by atoms with Gasteiger partial charge in [-0.3, -0.25) is 0 Å². The molecule has 0 atom stereocenters. The molecule has 0 saturated heterocycles. The third kappa shape index (κ3) is 3.47. The maximum absolute atomic E-state index is 5.85. The smallest absolute Gasteiger partial charge is 0.225 e. The monoisotopic (exact) mass is 271 g/mol. The van der Waals surface area contributed by atoms with Gasteiger partial charge >= 0.3 is 0 Å². The highest BCUT2D eigenvalue weighted by Gasteiger charge is 2.14. The average Bonchev–Trinajstić information content (AvgIpc) is 2.37. The topological polar surface area (TPSA) is 47.0 Å². The molecule has 4 heteroatoms. The first-order chi connectivity index (χ1) is 9.38. The summed E-state index contributed by atoms with van der Waals surface area (Å²) in [6.07, 6.45) is 0. The lowest BCUT2D eigenvalue weighted by molar-refractivity contribution is 0.458. The molecule has 1 aromatic carbocycles. The molecule has 0 amide bonds. The predicted molar refractivity (Wildman–Crippen MR) is 81.5 cm³/mol. The standard InChI is InChI=1S/C16H21N3O/c1-11-9-14(19-15(17-5)18-11)20-13-8-6-7-12(10-13)16(2,3)4/h6-10H,1-5H3,(H,17,18,19). The van der Waals surface area contributed by atoms with E-state index in [0.717, 1.165) is 11.4 Å². The third-order valence-corrected chi connectivity index (χ3v) is 2.98. The van der Waals surface area contributed by atoms with Crippen molar-refractivity contribution in [1.82, 2.24) is 9.97 Å². The molecular weight excluding hydrogens is 250 g/mol. The summed E-state index contributed by atoms with van der Waals surface area (Å²) in [5, 5.41) is 2.93. The Morgan fingerprint density at radius 2 is 1.85 bits per heavy atom. The van der Waals surface area contributed by atoms with Gasteiger partial charge in [-0.15, -0.1) is 0 Å². The van der Waals surface area contributed by atoms with Crippen molar-refractivity contribution in [3.63, 3.8) is 0 Å². The Labute approximate surface area is 120 Å². The van der Waals surface area contributed by atoms with Crippen LogP contribution < -0.4 is 10.1 Å². The van der Waals surface area contributed by atoms with E-state index in [1.165, 1.54) is 5.56 Å². The summed E-state index contributed by atoms with van der Waals surface area (Å²) in [4.78, 5) is 8.54. The van der Waals surface area contributed by atoms with Crippen LogP contribution in [0.3, 0.4) is 0 Å². The summed E-state index contributed by atoms with van der Waals surface area (Å²) in [5.74, 6) is 1.90. The van der Waals surface area contributed by atoms with E-state index in [2.05, 4.69) is 48.2 Å². The minimum absolute atomic E-state index is 0.0943. The van der Waals surface area contributed by atoms with E-state index in [-0.39, 0.29) is 5.41 Å². The van der Waals surface area contributed by atoms with Crippen LogP contribution in [0.1, 0.15) is 32.0 Å². The number of nitrogens with one attached hydrogen (secondary N) is 1. The molecule has 0 fully saturated rings. The lowest BCUT2D eigenvalue weighted by Crippen LogP contribution is -2.10. The van der Waals surface area contributed by atoms with E-state index in [0.29, 0.717) is 11.8 Å². The minimum Gasteiger partial charge on any atom is -0.439 e. The molecular formula is C16H21N3O. The number of aromatic nitrogens is 2. The normalized spacial score (nSPS) is 11.2. The molecule has 0 aliphatic carbocycles. The SMILES string of the molecule is CNc1nc(C)cc(Oc2cccc(C(C)(C)C)c2)n1. The lowest BCUT2D eigenvalue weighted by Gasteiger charge is -2.19. The summed E-state index contributed by atoms with van der Waals surface area (Å²) in [6, 6.07) is 9.92. The molecule has 20 heavy (non-hydrogen) atoms. The molecule has 4 nitrogen and oxygen atoms in total. The fraction of sp³-hybridized carbons (Fsp3) is 0.375. The van der Waals surface area contributed by atoms with Crippen LogP contribution in [0.5, 0.6) is 11.6 Å². The summed E-state index contributed by atoms with van der Waals surface area (Å²) >= 11 is 0. The highest BCUT2D eigenvalue weighted by atomic mass is 16.5. The van der Waals surface area contributed by atoms with Gasteiger partial charge in [0.2, 0.25) is 11.8 Å². The highest BCUT2D eigenvalue weighted by Crippen LogP contribution is 2.28. The molecule has 1 heterocycles. The number of aryl methyl sites for hydroxylation is 1. The van der Waals surface area contributed by atoms with Crippen molar-refractivity contribution >= 4 is 5.95 Å². The molecule has 0 bridgehead atoms. The van der Waals surface area contributed by atoms with Crippen molar-refractivity contribution in [3.8, 4) is 11.6 Å². The van der Waals surface area contributed by atoms with Crippen LogP contribution in [-0.2, 0) is 5.41 Å². The fourth-order valence-electron chi connectivity index (χ4n) is 1.85. The van der Waals surface area contributed by atoms with Crippen LogP contribution in [-0.4, -0.2) is 17.0 Å². The number of anilines is 1. The van der Waals surface area contributed by atoms with Crippen LogP contribution in [0.25, 0.3) is 0 Å². The lowest BCUT2D eigenvalue weighted by atomic mass is 9.87. The maximum atomic E-state index is 5.85. The van der Waals surface area contributed by atoms with Gasteiger partial charge in [-0.1, -0.05) is 32.9 Å². The molecule has 0 aliphatic rings. The number of hydrogen-bond acceptors (Lipinski definition) is 4. The van der Waals surface area contributed by atoms with Gasteiger partial charge < -0.3 is 10.1 Å². The molecule has 1 N–H and O–H groups in total. The molecule has 1 aromatic heterocycles. The third-order valence-electron chi connectivity index (χ3n) is 2.98. The van der Waals surface area contributed by atoms with Crippen LogP contribution in [0, 0.1) is 6.92 Å². The molecule has 0 radical (unpaired) electrons. The second-order valence-electron chi connectivity index (χ2n) is 5.80. The van der Waals surface area contributed by atoms with Crippen molar-refractivity contribution < 1.29 is 4.74 Å². The predicted octanol–water partition coefficient (Wildman–Crippen LogP) is 3.92. The maximum Gasteiger partial charge on any atom is 0.225 e. The van der Waals surface area contributed by atoms with Crippen LogP contribution >= 0.6 is 0 Å². The van der Waals surface area contributed by atoms with Crippen molar-refractivity contribution in [1.29, 1.82) is 0 Å². The summed E-state index contributed by atoms with van der Waals surface area (Å²) < 4.78 is 5.85. The van der Waals surface area contributed by atoms with Crippen molar-refractivity contribution in [2.24, 2.45) is 0 Å². The number of ether oxygens (including phenoxy) is 1. The first-order valence-corrected chi connectivity index (χ1v) is 6.70. The summed E-state index contributed by atoms with van der Waals surface area (Å²) in [6.45, 7) is 8.46. The average molecular weight is 271 g/mol. The van der Waals surface area contributed by atoms with Gasteiger partial charge in [0.15, 0.2) is 0 Å². The second kappa shape index (κ2) is 5.49. The van der Waals surface area contributed by atoms with Gasteiger partial charge in [-0.25, -0.2) is 4.98 Å². The van der Waals surface area contributed by atoms with Gasteiger partial charge in [0.05, 0.1) is 0 Å². The molecule has 106 valence electrons. The number of nitrogens with zero attached hydrogens (tertiary/aromatic N) is 2. The van der Waals surface area contributed by atoms with Gasteiger partial charge in [0.25, 0.3) is 0 Å². The number of hydrogen-bond donors (Lipinski definition) is 1. The number of rotatable bonds is 3. The Morgan fingerprint density at radius 1 is 1.10 bits per heavy atom. The van der Waals surface area contributed by atoms with Gasteiger partial charge in [-0.05, 0) is 30.0 Å². The zero-order chi connectivity index (χ0) is 14.8. The Morgan fingerprint density at radius 3 is 2.50 bits per heavy atom. The zero-order valence-electron chi connectivity index (χ0n) is 12.7. The summed E-state index contributed by atoms with van der Waals surface area (Å²) in [7, 11) is 1.79. The van der Waals surface area contributed by atoms with E-state index in [9.17, 15) is 0 Å². The first-order valence-electron chi connectivity index (χ1n) is 6.70. The molecule has 0 saturated carbocycles. The Kier molecular flexibility index (Phi) is 3.93. The van der Waals surface area contributed by atoms with Crippen molar-refractivity contribution in [2.45, 2.75) is 33.1 Å². The van der Waals surface area contributed by atoms with E-state index < -0.39 is 0 Å². The molecule has 0 spiro atoms. The largest absolute Gasteiger partial charge is 0.439 e. The minimum atomic E-state index is 0.0943. The van der Waals surface area contributed by atoms with E-state index in [4.69, 9.17) is 4.74 Å². The first kappa shape index (κ1) is 14.3. The van der Waals surface area contributed by atoms with Gasteiger partial charge in [0, 0.05) is 18.8 Å². The van der Waals surface area contributed by atoms with Gasteiger partial charge in [-0.2, -0.15) is 4.98 Å². The molecule has 2 rings (SSSR count). The quantitative estimate of drug-likeness (QED) is 0.919. The fourth-order valence-corrected chi connectivity index (χ4v) is 1.85. The Bertz CT molecular complexity index is 603. The van der Waals surface area contributed by atoms with Crippen LogP contribution in [0.15, 0.2) is 30.3 Å². The molecule has 0 unspecified atom stereocenters. The van der Waals surface area contributed by atoms with Gasteiger partial charge in [0.1, 0.15) is 5.75 Å². The van der Waals surface area contributed by atoms with Crippen molar-refractivity contribution in [2.75, 3.05) is 12.4 Å². The second-order valence-corrected chi connectivity index (χ2v) is 5.80. The Balaban J connectivity index is 2.28. The van der Waals surface area contributed by atoms with Crippen LogP contribution in [0.4, 0.5) is 5.95 Å².